The topological polar surface area (TPSA) is 46.6 Å². The van der Waals surface area contributed by atoms with Crippen LogP contribution in [-0.4, -0.2) is 23.2 Å². The second kappa shape index (κ2) is 7.45. The fraction of sp³-hybridized carbons (Fsp3) is 0.158. The number of ether oxygens (including phenoxy) is 1. The van der Waals surface area contributed by atoms with Crippen molar-refractivity contribution in [3.8, 4) is 5.75 Å². The molecule has 0 aliphatic carbocycles. The van der Waals surface area contributed by atoms with Gasteiger partial charge in [0.2, 0.25) is 0 Å². The summed E-state index contributed by atoms with van der Waals surface area (Å²) in [6.45, 7) is 2.26. The van der Waals surface area contributed by atoms with Gasteiger partial charge in [-0.25, -0.2) is 0 Å². The lowest BCUT2D eigenvalue weighted by molar-refractivity contribution is -0.123. The summed E-state index contributed by atoms with van der Waals surface area (Å²) >= 11 is 4.36. The minimum absolute atomic E-state index is 0.258. The van der Waals surface area contributed by atoms with Crippen LogP contribution in [0.3, 0.4) is 0 Å². The van der Waals surface area contributed by atoms with Crippen molar-refractivity contribution in [2.24, 2.45) is 0 Å². The van der Waals surface area contributed by atoms with E-state index in [1.54, 1.807) is 13.2 Å². The number of aryl methyl sites for hydroxylation is 1. The standard InChI is InChI=1S/C19H16BrNO3S/c1-12-4-3-5-13(8-12)11-21-18(22)17(25-19(21)23)10-14-9-15(20)6-7-16(14)24-2/h3-10H,11H2,1-2H3/b17-10-. The van der Waals surface area contributed by atoms with Gasteiger partial charge in [0.1, 0.15) is 5.75 Å². The maximum absolute atomic E-state index is 12.7. The second-order valence-electron chi connectivity index (χ2n) is 5.64. The van der Waals surface area contributed by atoms with Crippen LogP contribution in [0.25, 0.3) is 6.08 Å². The minimum Gasteiger partial charge on any atom is -0.496 e. The van der Waals surface area contributed by atoms with E-state index < -0.39 is 0 Å². The quantitative estimate of drug-likeness (QED) is 0.656. The molecule has 1 aliphatic rings. The predicted molar refractivity (Wildman–Crippen MR) is 103 cm³/mol. The van der Waals surface area contributed by atoms with Gasteiger partial charge in [0.25, 0.3) is 11.1 Å². The molecule has 1 fully saturated rings. The highest BCUT2D eigenvalue weighted by molar-refractivity contribution is 9.10. The van der Waals surface area contributed by atoms with E-state index in [1.165, 1.54) is 4.90 Å². The molecule has 0 aromatic heterocycles. The Morgan fingerprint density at radius 3 is 2.72 bits per heavy atom. The third kappa shape index (κ3) is 3.96. The molecule has 2 aromatic rings. The Balaban J connectivity index is 1.87. The van der Waals surface area contributed by atoms with Crippen LogP contribution in [0.4, 0.5) is 4.79 Å². The molecule has 3 rings (SSSR count). The molecular weight excluding hydrogens is 402 g/mol. The minimum atomic E-state index is -0.279. The molecule has 6 heteroatoms. The summed E-state index contributed by atoms with van der Waals surface area (Å²) in [5, 5.41) is -0.258. The van der Waals surface area contributed by atoms with Gasteiger partial charge in [-0.1, -0.05) is 45.8 Å². The first kappa shape index (κ1) is 17.8. The third-order valence-electron chi connectivity index (χ3n) is 3.78. The Morgan fingerprint density at radius 2 is 2.00 bits per heavy atom. The highest BCUT2D eigenvalue weighted by atomic mass is 79.9. The van der Waals surface area contributed by atoms with Gasteiger partial charge in [0, 0.05) is 10.0 Å². The molecule has 0 unspecified atom stereocenters. The molecule has 0 saturated carbocycles. The van der Waals surface area contributed by atoms with E-state index in [0.717, 1.165) is 32.9 Å². The highest BCUT2D eigenvalue weighted by Crippen LogP contribution is 2.35. The lowest BCUT2D eigenvalue weighted by atomic mass is 10.1. The van der Waals surface area contributed by atoms with E-state index >= 15 is 0 Å². The summed E-state index contributed by atoms with van der Waals surface area (Å²) in [5.74, 6) is 0.368. The van der Waals surface area contributed by atoms with Crippen molar-refractivity contribution in [1.29, 1.82) is 0 Å². The number of benzene rings is 2. The molecule has 2 aromatic carbocycles. The fourth-order valence-corrected chi connectivity index (χ4v) is 3.80. The Kier molecular flexibility index (Phi) is 5.30. The molecule has 2 amide bonds. The average Bonchev–Trinajstić information content (AvgIpc) is 2.83. The third-order valence-corrected chi connectivity index (χ3v) is 5.18. The van der Waals surface area contributed by atoms with Crippen molar-refractivity contribution in [1.82, 2.24) is 4.90 Å². The summed E-state index contributed by atoms with van der Waals surface area (Å²) in [4.78, 5) is 26.6. The van der Waals surface area contributed by atoms with E-state index in [0.29, 0.717) is 10.7 Å². The zero-order valence-electron chi connectivity index (χ0n) is 13.8. The second-order valence-corrected chi connectivity index (χ2v) is 7.55. The average molecular weight is 418 g/mol. The number of halogens is 1. The number of nitrogens with zero attached hydrogens (tertiary/aromatic N) is 1. The molecule has 1 saturated heterocycles. The van der Waals surface area contributed by atoms with Crippen LogP contribution < -0.4 is 4.74 Å². The van der Waals surface area contributed by atoms with Gasteiger partial charge in [-0.05, 0) is 48.5 Å². The molecule has 1 heterocycles. The van der Waals surface area contributed by atoms with Gasteiger partial charge in [-0.2, -0.15) is 0 Å². The molecule has 0 atom stereocenters. The number of amides is 2. The van der Waals surface area contributed by atoms with Gasteiger partial charge in [-0.15, -0.1) is 0 Å². The summed E-state index contributed by atoms with van der Waals surface area (Å²) < 4.78 is 6.20. The van der Waals surface area contributed by atoms with Crippen molar-refractivity contribution in [3.05, 3.63) is 68.5 Å². The number of thioether (sulfide) groups is 1. The Bertz CT molecular complexity index is 879. The molecular formula is C19H16BrNO3S. The van der Waals surface area contributed by atoms with E-state index in [4.69, 9.17) is 4.74 Å². The lowest BCUT2D eigenvalue weighted by Gasteiger charge is -2.12. The molecule has 1 aliphatic heterocycles. The van der Waals surface area contributed by atoms with E-state index in [9.17, 15) is 9.59 Å². The number of carbonyl (C=O) groups is 2. The van der Waals surface area contributed by atoms with Crippen molar-refractivity contribution in [2.45, 2.75) is 13.5 Å². The Morgan fingerprint density at radius 1 is 1.20 bits per heavy atom. The number of imide groups is 1. The number of methoxy groups -OCH3 is 1. The highest BCUT2D eigenvalue weighted by Gasteiger charge is 2.35. The van der Waals surface area contributed by atoms with Gasteiger partial charge >= 0.3 is 0 Å². The number of hydrogen-bond acceptors (Lipinski definition) is 4. The number of carbonyl (C=O) groups excluding carboxylic acids is 2. The van der Waals surface area contributed by atoms with Crippen molar-refractivity contribution in [3.63, 3.8) is 0 Å². The van der Waals surface area contributed by atoms with Gasteiger partial charge in [-0.3, -0.25) is 14.5 Å². The smallest absolute Gasteiger partial charge is 0.293 e. The maximum Gasteiger partial charge on any atom is 0.293 e. The van der Waals surface area contributed by atoms with E-state index in [2.05, 4.69) is 15.9 Å². The first-order valence-corrected chi connectivity index (χ1v) is 9.23. The summed E-state index contributed by atoms with van der Waals surface area (Å²) in [7, 11) is 1.57. The number of rotatable bonds is 4. The summed E-state index contributed by atoms with van der Waals surface area (Å²) in [6.07, 6.45) is 1.70. The van der Waals surface area contributed by atoms with Crippen molar-refractivity contribution in [2.75, 3.05) is 7.11 Å². The first-order valence-electron chi connectivity index (χ1n) is 7.62. The van der Waals surface area contributed by atoms with Crippen LogP contribution in [0, 0.1) is 6.92 Å². The molecule has 4 nitrogen and oxygen atoms in total. The van der Waals surface area contributed by atoms with Gasteiger partial charge < -0.3 is 4.74 Å². The fourth-order valence-electron chi connectivity index (χ4n) is 2.59. The van der Waals surface area contributed by atoms with Crippen molar-refractivity contribution < 1.29 is 14.3 Å². The van der Waals surface area contributed by atoms with E-state index in [-0.39, 0.29) is 17.7 Å². The van der Waals surface area contributed by atoms with Crippen LogP contribution >= 0.6 is 27.7 Å². The monoisotopic (exact) mass is 417 g/mol. The zero-order chi connectivity index (χ0) is 18.0. The molecule has 0 spiro atoms. The van der Waals surface area contributed by atoms with Crippen molar-refractivity contribution >= 4 is 44.9 Å². The SMILES string of the molecule is COc1ccc(Br)cc1/C=C1\SC(=O)N(Cc2cccc(C)c2)C1=O. The van der Waals surface area contributed by atoms with E-state index in [1.807, 2.05) is 49.4 Å². The van der Waals surface area contributed by atoms with Crippen LogP contribution in [0.1, 0.15) is 16.7 Å². The summed E-state index contributed by atoms with van der Waals surface area (Å²) in [5.41, 5.74) is 2.78. The molecule has 0 N–H and O–H groups in total. The molecule has 0 bridgehead atoms. The number of hydrogen-bond donors (Lipinski definition) is 0. The van der Waals surface area contributed by atoms with Crippen LogP contribution in [-0.2, 0) is 11.3 Å². The maximum atomic E-state index is 12.7. The molecule has 128 valence electrons. The predicted octanol–water partition coefficient (Wildman–Crippen LogP) is 5.00. The summed E-state index contributed by atoms with van der Waals surface area (Å²) in [6, 6.07) is 13.3. The van der Waals surface area contributed by atoms with Crippen LogP contribution in [0.5, 0.6) is 5.75 Å². The normalized spacial score (nSPS) is 16.0. The van der Waals surface area contributed by atoms with Crippen LogP contribution in [0.2, 0.25) is 0 Å². The zero-order valence-corrected chi connectivity index (χ0v) is 16.2. The van der Waals surface area contributed by atoms with Crippen LogP contribution in [0.15, 0.2) is 51.8 Å². The molecule has 0 radical (unpaired) electrons. The van der Waals surface area contributed by atoms with Gasteiger partial charge in [0.15, 0.2) is 0 Å². The Hall–Kier alpha value is -2.05. The Labute approximate surface area is 159 Å². The first-order chi connectivity index (χ1) is 12.0. The lowest BCUT2D eigenvalue weighted by Crippen LogP contribution is -2.27. The largest absolute Gasteiger partial charge is 0.496 e. The van der Waals surface area contributed by atoms with Gasteiger partial charge in [0.05, 0.1) is 18.6 Å². The molecule has 25 heavy (non-hydrogen) atoms.